The van der Waals surface area contributed by atoms with E-state index in [1.165, 1.54) is 16.9 Å². The van der Waals surface area contributed by atoms with Gasteiger partial charge < -0.3 is 14.4 Å². The van der Waals surface area contributed by atoms with Gasteiger partial charge in [0.25, 0.3) is 0 Å². The van der Waals surface area contributed by atoms with Crippen LogP contribution in [0.1, 0.15) is 23.0 Å². The summed E-state index contributed by atoms with van der Waals surface area (Å²) in [6.45, 7) is 4.33. The van der Waals surface area contributed by atoms with Crippen molar-refractivity contribution < 1.29 is 14.3 Å². The molecule has 0 amide bonds. The van der Waals surface area contributed by atoms with Crippen molar-refractivity contribution in [2.45, 2.75) is 19.6 Å². The molecule has 3 rings (SSSR count). The molecule has 0 radical (unpaired) electrons. The summed E-state index contributed by atoms with van der Waals surface area (Å²) in [5.74, 6) is -0.354. The van der Waals surface area contributed by atoms with E-state index in [9.17, 15) is 4.79 Å². The van der Waals surface area contributed by atoms with E-state index in [1.807, 2.05) is 18.2 Å². The number of thiazole rings is 1. The molecule has 1 aliphatic rings. The minimum atomic E-state index is -0.354. The van der Waals surface area contributed by atoms with E-state index in [0.29, 0.717) is 18.9 Å². The van der Waals surface area contributed by atoms with Gasteiger partial charge >= 0.3 is 5.97 Å². The van der Waals surface area contributed by atoms with E-state index in [2.05, 4.69) is 22.0 Å². The first kappa shape index (κ1) is 15.0. The van der Waals surface area contributed by atoms with Crippen LogP contribution in [0, 0.1) is 0 Å². The molecule has 1 aliphatic heterocycles. The molecule has 2 aromatic rings. The minimum Gasteiger partial charge on any atom is -0.461 e. The zero-order valence-corrected chi connectivity index (χ0v) is 13.2. The van der Waals surface area contributed by atoms with Gasteiger partial charge in [-0.3, -0.25) is 0 Å². The highest BCUT2D eigenvalue weighted by Crippen LogP contribution is 2.30. The number of rotatable bonds is 6. The van der Waals surface area contributed by atoms with Gasteiger partial charge in [-0.15, -0.1) is 11.3 Å². The Balaban J connectivity index is 1.51. The Hall–Kier alpha value is -1.92. The molecule has 0 unspecified atom stereocenters. The summed E-state index contributed by atoms with van der Waals surface area (Å²) < 4.78 is 10.9. The van der Waals surface area contributed by atoms with Gasteiger partial charge in [-0.1, -0.05) is 30.3 Å². The van der Waals surface area contributed by atoms with Gasteiger partial charge in [-0.05, 0) is 12.5 Å². The smallest absolute Gasteiger partial charge is 0.360 e. The molecular weight excluding hydrogens is 300 g/mol. The summed E-state index contributed by atoms with van der Waals surface area (Å²) in [6, 6.07) is 10.1. The molecular formula is C16H18N2O3S. The fourth-order valence-electron chi connectivity index (χ4n) is 2.30. The van der Waals surface area contributed by atoms with Crippen LogP contribution in [0.5, 0.6) is 0 Å². The third-order valence-electron chi connectivity index (χ3n) is 3.48. The average molecular weight is 318 g/mol. The number of anilines is 1. The fraction of sp³-hybridized carbons (Fsp3) is 0.375. The Bertz CT molecular complexity index is 623. The third kappa shape index (κ3) is 3.28. The average Bonchev–Trinajstić information content (AvgIpc) is 2.96. The molecule has 0 bridgehead atoms. The first-order chi connectivity index (χ1) is 10.8. The maximum absolute atomic E-state index is 11.8. The van der Waals surface area contributed by atoms with Crippen molar-refractivity contribution in [1.82, 2.24) is 4.98 Å². The number of nitrogens with zero attached hydrogens (tertiary/aromatic N) is 2. The van der Waals surface area contributed by atoms with E-state index >= 15 is 0 Å². The number of aromatic nitrogens is 1. The largest absolute Gasteiger partial charge is 0.461 e. The molecule has 116 valence electrons. The van der Waals surface area contributed by atoms with Gasteiger partial charge in [0.05, 0.1) is 24.8 Å². The summed E-state index contributed by atoms with van der Waals surface area (Å²) in [5.41, 5.74) is 3.26. The van der Waals surface area contributed by atoms with Crippen LogP contribution in [0.4, 0.5) is 5.00 Å². The molecule has 0 saturated carbocycles. The van der Waals surface area contributed by atoms with Crippen molar-refractivity contribution in [3.63, 3.8) is 0 Å². The summed E-state index contributed by atoms with van der Waals surface area (Å²) in [5, 5.41) is 0.873. The van der Waals surface area contributed by atoms with E-state index in [4.69, 9.17) is 9.47 Å². The number of benzene rings is 1. The topological polar surface area (TPSA) is 51.7 Å². The number of esters is 1. The summed E-state index contributed by atoms with van der Waals surface area (Å²) in [7, 11) is 0. The Morgan fingerprint density at radius 1 is 1.36 bits per heavy atom. The van der Waals surface area contributed by atoms with Crippen LogP contribution in [-0.4, -0.2) is 36.8 Å². The number of hydrogen-bond donors (Lipinski definition) is 0. The molecule has 22 heavy (non-hydrogen) atoms. The zero-order chi connectivity index (χ0) is 15.4. The third-order valence-corrected chi connectivity index (χ3v) is 4.37. The van der Waals surface area contributed by atoms with E-state index in [0.717, 1.165) is 18.1 Å². The van der Waals surface area contributed by atoms with Crippen LogP contribution in [0.25, 0.3) is 0 Å². The second kappa shape index (κ2) is 6.89. The van der Waals surface area contributed by atoms with Crippen molar-refractivity contribution >= 4 is 22.3 Å². The lowest BCUT2D eigenvalue weighted by molar-refractivity contribution is 0.0224. The predicted molar refractivity (Wildman–Crippen MR) is 85.3 cm³/mol. The van der Waals surface area contributed by atoms with Crippen LogP contribution in [0.3, 0.4) is 0 Å². The molecule has 6 heteroatoms. The summed E-state index contributed by atoms with van der Waals surface area (Å²) >= 11 is 1.46. The van der Waals surface area contributed by atoms with E-state index in [-0.39, 0.29) is 12.1 Å². The minimum absolute atomic E-state index is 0.192. The van der Waals surface area contributed by atoms with Crippen LogP contribution in [0.15, 0.2) is 35.8 Å². The van der Waals surface area contributed by atoms with Crippen LogP contribution >= 0.6 is 11.3 Å². The Morgan fingerprint density at radius 2 is 2.14 bits per heavy atom. The molecule has 0 spiro atoms. The standard InChI is InChI=1S/C16H18N2O3S/c1-2-20-16(19)14-15(22-11-17-14)18-8-13(9-18)21-10-12-6-4-3-5-7-12/h3-7,11,13H,2,8-10H2,1H3. The Labute approximate surface area is 133 Å². The normalized spacial score (nSPS) is 14.7. The molecule has 2 heterocycles. The fourth-order valence-corrected chi connectivity index (χ4v) is 3.11. The molecule has 5 nitrogen and oxygen atoms in total. The number of carbonyl (C=O) groups is 1. The lowest BCUT2D eigenvalue weighted by Crippen LogP contribution is -2.52. The van der Waals surface area contributed by atoms with Crippen molar-refractivity contribution in [2.24, 2.45) is 0 Å². The van der Waals surface area contributed by atoms with Crippen molar-refractivity contribution in [3.05, 3.63) is 47.1 Å². The predicted octanol–water partition coefficient (Wildman–Crippen LogP) is 2.73. The molecule has 0 N–H and O–H groups in total. The van der Waals surface area contributed by atoms with Crippen LogP contribution < -0.4 is 4.90 Å². The van der Waals surface area contributed by atoms with Gasteiger partial charge in [0.1, 0.15) is 5.00 Å². The lowest BCUT2D eigenvalue weighted by Gasteiger charge is -2.39. The monoisotopic (exact) mass is 318 g/mol. The summed E-state index contributed by atoms with van der Waals surface area (Å²) in [6.07, 6.45) is 0.192. The van der Waals surface area contributed by atoms with E-state index in [1.54, 1.807) is 12.4 Å². The van der Waals surface area contributed by atoms with Gasteiger partial charge in [-0.25, -0.2) is 9.78 Å². The first-order valence-corrected chi connectivity index (χ1v) is 8.17. The molecule has 1 aromatic carbocycles. The van der Waals surface area contributed by atoms with Crippen molar-refractivity contribution in [1.29, 1.82) is 0 Å². The van der Waals surface area contributed by atoms with Gasteiger partial charge in [0.2, 0.25) is 0 Å². The van der Waals surface area contributed by atoms with E-state index < -0.39 is 0 Å². The zero-order valence-electron chi connectivity index (χ0n) is 12.4. The molecule has 0 atom stereocenters. The van der Waals surface area contributed by atoms with Crippen LogP contribution in [-0.2, 0) is 16.1 Å². The first-order valence-electron chi connectivity index (χ1n) is 7.29. The SMILES string of the molecule is CCOC(=O)c1ncsc1N1CC(OCc2ccccc2)C1. The number of hydrogen-bond acceptors (Lipinski definition) is 6. The molecule has 0 aliphatic carbocycles. The lowest BCUT2D eigenvalue weighted by atomic mass is 10.1. The van der Waals surface area contributed by atoms with Gasteiger partial charge in [-0.2, -0.15) is 0 Å². The van der Waals surface area contributed by atoms with Crippen molar-refractivity contribution in [3.8, 4) is 0 Å². The summed E-state index contributed by atoms with van der Waals surface area (Å²) in [4.78, 5) is 18.1. The maximum atomic E-state index is 11.8. The second-order valence-corrected chi connectivity index (χ2v) is 5.88. The number of carbonyl (C=O) groups excluding carboxylic acids is 1. The maximum Gasteiger partial charge on any atom is 0.360 e. The van der Waals surface area contributed by atoms with Gasteiger partial charge in [0.15, 0.2) is 5.69 Å². The van der Waals surface area contributed by atoms with Crippen LogP contribution in [0.2, 0.25) is 0 Å². The highest BCUT2D eigenvalue weighted by Gasteiger charge is 2.32. The highest BCUT2D eigenvalue weighted by molar-refractivity contribution is 7.14. The Morgan fingerprint density at radius 3 is 2.86 bits per heavy atom. The molecule has 1 aromatic heterocycles. The number of ether oxygens (including phenoxy) is 2. The quantitative estimate of drug-likeness (QED) is 0.767. The van der Waals surface area contributed by atoms with Gasteiger partial charge in [0, 0.05) is 13.1 Å². The molecule has 1 saturated heterocycles. The highest BCUT2D eigenvalue weighted by atomic mass is 32.1. The molecule has 1 fully saturated rings. The Kier molecular flexibility index (Phi) is 4.70. The van der Waals surface area contributed by atoms with Crippen molar-refractivity contribution in [2.75, 3.05) is 24.6 Å². The second-order valence-electron chi connectivity index (χ2n) is 5.05.